The molecule has 0 bridgehead atoms. The van der Waals surface area contributed by atoms with E-state index >= 15 is 0 Å². The Labute approximate surface area is 89.2 Å². The van der Waals surface area contributed by atoms with Crippen molar-refractivity contribution in [3.63, 3.8) is 0 Å². The van der Waals surface area contributed by atoms with Gasteiger partial charge in [0.05, 0.1) is 12.5 Å². The molecule has 0 radical (unpaired) electrons. The van der Waals surface area contributed by atoms with Gasteiger partial charge < -0.3 is 5.32 Å². The Balaban J connectivity index is 2.56. The maximum atomic E-state index is 13.5. The van der Waals surface area contributed by atoms with E-state index in [4.69, 9.17) is 6.85 Å². The summed E-state index contributed by atoms with van der Waals surface area (Å²) in [6.45, 7) is 0. The van der Waals surface area contributed by atoms with E-state index in [0.29, 0.717) is 0 Å². The maximum Gasteiger partial charge on any atom is 0.146 e. The second-order valence-electron chi connectivity index (χ2n) is 2.60. The molecule has 0 aliphatic rings. The van der Waals surface area contributed by atoms with Crippen molar-refractivity contribution >= 4 is 11.4 Å². The SMILES string of the molecule is [2H]c1c([2H])c([2H])c(Nc2ccccc2F)c([2H])c1[2H]. The van der Waals surface area contributed by atoms with Crippen LogP contribution in [0.4, 0.5) is 15.8 Å². The molecule has 2 aromatic rings. The summed E-state index contributed by atoms with van der Waals surface area (Å²) < 4.78 is 51.4. The van der Waals surface area contributed by atoms with E-state index in [0.717, 1.165) is 0 Å². The third kappa shape index (κ3) is 1.91. The van der Waals surface area contributed by atoms with Crippen molar-refractivity contribution in [1.82, 2.24) is 0 Å². The van der Waals surface area contributed by atoms with E-state index in [9.17, 15) is 4.39 Å². The van der Waals surface area contributed by atoms with Crippen molar-refractivity contribution in [2.75, 3.05) is 5.32 Å². The normalized spacial score (nSPS) is 14.8. The van der Waals surface area contributed by atoms with Gasteiger partial charge in [-0.3, -0.25) is 0 Å². The number of rotatable bonds is 2. The Morgan fingerprint density at radius 3 is 2.50 bits per heavy atom. The van der Waals surface area contributed by atoms with Gasteiger partial charge in [0.15, 0.2) is 0 Å². The van der Waals surface area contributed by atoms with Crippen LogP contribution in [0.2, 0.25) is 0 Å². The van der Waals surface area contributed by atoms with Gasteiger partial charge in [-0.2, -0.15) is 0 Å². The Morgan fingerprint density at radius 2 is 1.79 bits per heavy atom. The largest absolute Gasteiger partial charge is 0.353 e. The fourth-order valence-corrected chi connectivity index (χ4v) is 1.01. The maximum absolute atomic E-state index is 13.5. The zero-order chi connectivity index (χ0) is 14.2. The lowest BCUT2D eigenvalue weighted by atomic mass is 10.2. The standard InChI is InChI=1S/C12H10FN/c13-11-8-4-5-9-12(11)14-10-6-2-1-3-7-10/h1-9,14H/i1D,2D,3D,6D,7D. The first-order chi connectivity index (χ1) is 8.93. The fourth-order valence-electron chi connectivity index (χ4n) is 1.01. The van der Waals surface area contributed by atoms with Crippen LogP contribution >= 0.6 is 0 Å². The Hall–Kier alpha value is -1.83. The average molecular weight is 192 g/mol. The molecule has 70 valence electrons. The molecule has 2 rings (SSSR count). The second kappa shape index (κ2) is 3.92. The van der Waals surface area contributed by atoms with Gasteiger partial charge >= 0.3 is 0 Å². The zero-order valence-electron chi connectivity index (χ0n) is 12.2. The number of nitrogens with one attached hydrogen (secondary N) is 1. The van der Waals surface area contributed by atoms with Gasteiger partial charge in [0.1, 0.15) is 5.82 Å². The first-order valence-corrected chi connectivity index (χ1v) is 4.02. The van der Waals surface area contributed by atoms with Crippen molar-refractivity contribution in [1.29, 1.82) is 0 Å². The molecule has 0 fully saturated rings. The summed E-state index contributed by atoms with van der Waals surface area (Å²) in [5, 5.41) is 2.54. The highest BCUT2D eigenvalue weighted by molar-refractivity contribution is 5.59. The number of benzene rings is 2. The second-order valence-corrected chi connectivity index (χ2v) is 2.60. The van der Waals surface area contributed by atoms with Crippen LogP contribution in [0, 0.1) is 5.82 Å². The monoisotopic (exact) mass is 192 g/mol. The van der Waals surface area contributed by atoms with Crippen LogP contribution in [0.1, 0.15) is 6.85 Å². The minimum absolute atomic E-state index is 0.0565. The molecule has 1 nitrogen and oxygen atoms in total. The van der Waals surface area contributed by atoms with Crippen LogP contribution in [0.3, 0.4) is 0 Å². The van der Waals surface area contributed by atoms with Gasteiger partial charge in [0, 0.05) is 5.69 Å². The van der Waals surface area contributed by atoms with Crippen LogP contribution in [0.15, 0.2) is 54.5 Å². The molecule has 0 aliphatic carbocycles. The molecule has 0 saturated heterocycles. The van der Waals surface area contributed by atoms with Crippen LogP contribution in [-0.2, 0) is 0 Å². The Bertz CT molecular complexity index is 615. The van der Waals surface area contributed by atoms with E-state index in [1.807, 2.05) is 0 Å². The van der Waals surface area contributed by atoms with Crippen molar-refractivity contribution in [3.05, 3.63) is 60.3 Å². The molecule has 2 heteroatoms. The summed E-state index contributed by atoms with van der Waals surface area (Å²) in [6, 6.07) is 3.55. The summed E-state index contributed by atoms with van der Waals surface area (Å²) in [4.78, 5) is 0. The Morgan fingerprint density at radius 1 is 1.07 bits per heavy atom. The highest BCUT2D eigenvalue weighted by Crippen LogP contribution is 2.18. The summed E-state index contributed by atoms with van der Waals surface area (Å²) in [7, 11) is 0. The molecule has 0 saturated carbocycles. The molecule has 1 N–H and O–H groups in total. The summed E-state index contributed by atoms with van der Waals surface area (Å²) in [5.74, 6) is -0.561. The summed E-state index contributed by atoms with van der Waals surface area (Å²) in [5.41, 5.74) is -0.0860. The molecule has 0 amide bonds. The number of hydrogen-bond donors (Lipinski definition) is 1. The smallest absolute Gasteiger partial charge is 0.146 e. The number of halogens is 1. The molecule has 0 aliphatic heterocycles. The Kier molecular flexibility index (Phi) is 1.29. The van der Waals surface area contributed by atoms with Crippen molar-refractivity contribution < 1.29 is 11.2 Å². The lowest BCUT2D eigenvalue weighted by Gasteiger charge is -2.06. The lowest BCUT2D eigenvalue weighted by Crippen LogP contribution is -1.92. The van der Waals surface area contributed by atoms with Gasteiger partial charge in [-0.1, -0.05) is 30.3 Å². The van der Waals surface area contributed by atoms with E-state index in [1.165, 1.54) is 18.2 Å². The molecule has 0 atom stereocenters. The van der Waals surface area contributed by atoms with Gasteiger partial charge in [-0.25, -0.2) is 4.39 Å². The third-order valence-corrected chi connectivity index (χ3v) is 1.63. The quantitative estimate of drug-likeness (QED) is 0.767. The average Bonchev–Trinajstić information content (AvgIpc) is 2.41. The van der Waals surface area contributed by atoms with Gasteiger partial charge in [0.25, 0.3) is 0 Å². The molecule has 0 aromatic heterocycles. The first-order valence-electron chi connectivity index (χ1n) is 6.52. The van der Waals surface area contributed by atoms with Crippen molar-refractivity contribution in [2.24, 2.45) is 0 Å². The zero-order valence-corrected chi connectivity index (χ0v) is 7.19. The molecular weight excluding hydrogens is 177 g/mol. The van der Waals surface area contributed by atoms with Crippen LogP contribution in [0.25, 0.3) is 0 Å². The van der Waals surface area contributed by atoms with E-state index in [1.54, 1.807) is 6.07 Å². The first kappa shape index (κ1) is 4.60. The van der Waals surface area contributed by atoms with E-state index in [2.05, 4.69) is 5.32 Å². The predicted octanol–water partition coefficient (Wildman–Crippen LogP) is 3.57. The van der Waals surface area contributed by atoms with E-state index < -0.39 is 36.0 Å². The fraction of sp³-hybridized carbons (Fsp3) is 0. The highest BCUT2D eigenvalue weighted by Gasteiger charge is 1.98. The molecule has 0 spiro atoms. The van der Waals surface area contributed by atoms with E-state index in [-0.39, 0.29) is 11.4 Å². The summed E-state index contributed by atoms with van der Waals surface area (Å²) >= 11 is 0. The lowest BCUT2D eigenvalue weighted by molar-refractivity contribution is 0.632. The van der Waals surface area contributed by atoms with Crippen molar-refractivity contribution in [3.8, 4) is 0 Å². The van der Waals surface area contributed by atoms with Crippen LogP contribution < -0.4 is 5.32 Å². The minimum Gasteiger partial charge on any atom is -0.353 e. The van der Waals surface area contributed by atoms with Crippen LogP contribution in [-0.4, -0.2) is 0 Å². The van der Waals surface area contributed by atoms with Crippen molar-refractivity contribution in [2.45, 2.75) is 0 Å². The van der Waals surface area contributed by atoms with Crippen LogP contribution in [0.5, 0.6) is 0 Å². The summed E-state index contributed by atoms with van der Waals surface area (Å²) in [6.07, 6.45) is 0. The third-order valence-electron chi connectivity index (χ3n) is 1.63. The molecular formula is C12H10FN. The van der Waals surface area contributed by atoms with Gasteiger partial charge in [0.2, 0.25) is 0 Å². The minimum atomic E-state index is -0.561. The molecule has 2 aromatic carbocycles. The predicted molar refractivity (Wildman–Crippen MR) is 56.1 cm³/mol. The topological polar surface area (TPSA) is 12.0 Å². The highest BCUT2D eigenvalue weighted by atomic mass is 19.1. The molecule has 0 heterocycles. The number of anilines is 2. The number of para-hydroxylation sites is 2. The van der Waals surface area contributed by atoms with Gasteiger partial charge in [-0.15, -0.1) is 0 Å². The number of hydrogen-bond acceptors (Lipinski definition) is 1. The molecule has 14 heavy (non-hydrogen) atoms. The molecule has 0 unspecified atom stereocenters. The van der Waals surface area contributed by atoms with Gasteiger partial charge in [-0.05, 0) is 24.2 Å².